The number of halogens is 2. The molecule has 2 aromatic rings. The van der Waals surface area contributed by atoms with Gasteiger partial charge in [-0.1, -0.05) is 106 Å². The Balaban J connectivity index is 2.40. The van der Waals surface area contributed by atoms with Gasteiger partial charge in [0.2, 0.25) is 0 Å². The highest BCUT2D eigenvalue weighted by Crippen LogP contribution is 2.43. The Kier molecular flexibility index (Phi) is 4.89. The largest absolute Gasteiger partial charge is 0.296 e. The molecule has 104 valence electrons. The highest BCUT2D eigenvalue weighted by atomic mass is 127. The summed E-state index contributed by atoms with van der Waals surface area (Å²) in [4.78, 5) is 13.1. The van der Waals surface area contributed by atoms with E-state index in [4.69, 9.17) is 0 Å². The first-order chi connectivity index (χ1) is 9.37. The lowest BCUT2D eigenvalue weighted by Crippen LogP contribution is -2.38. The maximum Gasteiger partial charge on any atom is 0.172 e. The maximum atomic E-state index is 13.1. The van der Waals surface area contributed by atoms with Gasteiger partial charge in [0.1, 0.15) is 6.84 Å². The van der Waals surface area contributed by atoms with Gasteiger partial charge in [-0.25, -0.2) is 0 Å². The van der Waals surface area contributed by atoms with Crippen LogP contribution in [0.4, 0.5) is 0 Å². The van der Waals surface area contributed by atoms with Gasteiger partial charge in [0.25, 0.3) is 0 Å². The topological polar surface area (TPSA) is 17.1 Å². The van der Waals surface area contributed by atoms with Gasteiger partial charge in [-0.05, 0) is 25.0 Å². The van der Waals surface area contributed by atoms with E-state index < -0.39 is 6.84 Å². The zero-order valence-corrected chi connectivity index (χ0v) is 15.8. The van der Waals surface area contributed by atoms with E-state index in [-0.39, 0.29) is 5.78 Å². The number of hydrogen-bond donors (Lipinski definition) is 0. The standard InChI is InChI=1S/C17H16I2O/c1-16(18,13-9-5-3-6-10-13)15(20)17(2,19)14-11-7-4-8-12-14/h3-12H,1-2H3. The molecule has 0 amide bonds. The van der Waals surface area contributed by atoms with Crippen molar-refractivity contribution in [1.82, 2.24) is 0 Å². The molecule has 0 fully saturated rings. The van der Waals surface area contributed by atoms with Crippen LogP contribution in [-0.2, 0) is 11.6 Å². The number of alkyl halides is 2. The van der Waals surface area contributed by atoms with E-state index >= 15 is 0 Å². The lowest BCUT2D eigenvalue weighted by Gasteiger charge is -2.31. The van der Waals surface area contributed by atoms with Gasteiger partial charge in [0.05, 0.1) is 0 Å². The molecule has 0 bridgehead atoms. The minimum absolute atomic E-state index is 0.212. The lowest BCUT2D eigenvalue weighted by molar-refractivity contribution is -0.122. The van der Waals surface area contributed by atoms with E-state index in [0.29, 0.717) is 0 Å². The van der Waals surface area contributed by atoms with Crippen molar-refractivity contribution < 1.29 is 4.79 Å². The smallest absolute Gasteiger partial charge is 0.172 e. The van der Waals surface area contributed by atoms with Gasteiger partial charge in [0.15, 0.2) is 5.78 Å². The second-order valence-corrected chi connectivity index (χ2v) is 9.38. The monoisotopic (exact) mass is 490 g/mol. The highest BCUT2D eigenvalue weighted by Gasteiger charge is 2.43. The first kappa shape index (κ1) is 15.9. The van der Waals surface area contributed by atoms with Crippen molar-refractivity contribution in [2.75, 3.05) is 0 Å². The van der Waals surface area contributed by atoms with Crippen molar-refractivity contribution in [1.29, 1.82) is 0 Å². The molecule has 0 saturated heterocycles. The van der Waals surface area contributed by atoms with E-state index in [1.807, 2.05) is 74.5 Å². The number of benzene rings is 2. The summed E-state index contributed by atoms with van der Waals surface area (Å²) in [6.45, 7) is 3.98. The molecule has 3 heteroatoms. The Morgan fingerprint density at radius 1 is 0.750 bits per heavy atom. The number of carbonyl (C=O) groups excluding carboxylic acids is 1. The third-order valence-electron chi connectivity index (χ3n) is 3.48. The minimum atomic E-state index is -0.537. The normalized spacial score (nSPS) is 17.0. The maximum absolute atomic E-state index is 13.1. The minimum Gasteiger partial charge on any atom is -0.296 e. The molecule has 0 heterocycles. The van der Waals surface area contributed by atoms with Gasteiger partial charge in [0, 0.05) is 0 Å². The molecule has 0 aliphatic carbocycles. The Morgan fingerprint density at radius 3 is 1.35 bits per heavy atom. The van der Waals surface area contributed by atoms with E-state index in [1.165, 1.54) is 0 Å². The lowest BCUT2D eigenvalue weighted by atomic mass is 9.85. The zero-order chi connectivity index (χ0) is 14.8. The third kappa shape index (κ3) is 3.08. The summed E-state index contributed by atoms with van der Waals surface area (Å²) in [6.07, 6.45) is 0. The molecular formula is C17H16I2O. The van der Waals surface area contributed by atoms with E-state index in [9.17, 15) is 4.79 Å². The van der Waals surface area contributed by atoms with Crippen LogP contribution < -0.4 is 0 Å². The first-order valence-electron chi connectivity index (χ1n) is 6.40. The molecule has 2 atom stereocenters. The van der Waals surface area contributed by atoms with E-state index in [0.717, 1.165) is 11.1 Å². The summed E-state index contributed by atoms with van der Waals surface area (Å²) >= 11 is 4.53. The summed E-state index contributed by atoms with van der Waals surface area (Å²) < 4.78 is -1.07. The van der Waals surface area contributed by atoms with Crippen molar-refractivity contribution in [3.8, 4) is 0 Å². The molecule has 0 aromatic heterocycles. The van der Waals surface area contributed by atoms with Gasteiger partial charge >= 0.3 is 0 Å². The summed E-state index contributed by atoms with van der Waals surface area (Å²) in [7, 11) is 0. The van der Waals surface area contributed by atoms with Crippen LogP contribution in [-0.4, -0.2) is 5.78 Å². The van der Waals surface area contributed by atoms with E-state index in [1.54, 1.807) is 0 Å². The van der Waals surface area contributed by atoms with Crippen molar-refractivity contribution in [3.05, 3.63) is 71.8 Å². The highest BCUT2D eigenvalue weighted by molar-refractivity contribution is 14.1. The van der Waals surface area contributed by atoms with Crippen molar-refractivity contribution in [3.63, 3.8) is 0 Å². The average molecular weight is 490 g/mol. The number of Topliss-reactive ketones (excluding diaryl/α,β-unsaturated/α-hetero) is 1. The summed E-state index contributed by atoms with van der Waals surface area (Å²) in [5.41, 5.74) is 2.09. The quantitative estimate of drug-likeness (QED) is 0.423. The Bertz CT molecular complexity index is 535. The molecule has 0 saturated carbocycles. The fourth-order valence-corrected chi connectivity index (χ4v) is 4.52. The van der Waals surface area contributed by atoms with Crippen LogP contribution in [0.15, 0.2) is 60.7 Å². The van der Waals surface area contributed by atoms with Gasteiger partial charge in [-0.2, -0.15) is 0 Å². The third-order valence-corrected chi connectivity index (χ3v) is 5.71. The van der Waals surface area contributed by atoms with Gasteiger partial charge in [-0.15, -0.1) is 0 Å². The summed E-state index contributed by atoms with van der Waals surface area (Å²) in [6, 6.07) is 19.9. The summed E-state index contributed by atoms with van der Waals surface area (Å²) in [5.74, 6) is 0.212. The predicted octanol–water partition coefficient (Wildman–Crippen LogP) is 5.26. The molecule has 0 radical (unpaired) electrons. The zero-order valence-electron chi connectivity index (χ0n) is 11.4. The van der Waals surface area contributed by atoms with Crippen LogP contribution in [0.5, 0.6) is 0 Å². The SMILES string of the molecule is CC(I)(C(=O)C(C)(I)c1ccccc1)c1ccccc1. The fraction of sp³-hybridized carbons (Fsp3) is 0.235. The van der Waals surface area contributed by atoms with Crippen molar-refractivity contribution in [2.45, 2.75) is 20.7 Å². The molecule has 0 aliphatic heterocycles. The van der Waals surface area contributed by atoms with Crippen LogP contribution in [0.3, 0.4) is 0 Å². The molecule has 20 heavy (non-hydrogen) atoms. The first-order valence-corrected chi connectivity index (χ1v) is 8.56. The van der Waals surface area contributed by atoms with Crippen LogP contribution in [0.25, 0.3) is 0 Å². The molecule has 2 aromatic carbocycles. The Morgan fingerprint density at radius 2 is 1.05 bits per heavy atom. The van der Waals surface area contributed by atoms with Gasteiger partial charge in [-0.3, -0.25) is 4.79 Å². The number of hydrogen-bond acceptors (Lipinski definition) is 1. The average Bonchev–Trinajstić information content (AvgIpc) is 2.48. The number of carbonyl (C=O) groups is 1. The molecule has 2 rings (SSSR count). The van der Waals surface area contributed by atoms with Crippen LogP contribution >= 0.6 is 45.2 Å². The van der Waals surface area contributed by atoms with Crippen molar-refractivity contribution >= 4 is 51.0 Å². The van der Waals surface area contributed by atoms with Gasteiger partial charge < -0.3 is 0 Å². The van der Waals surface area contributed by atoms with Crippen molar-refractivity contribution in [2.24, 2.45) is 0 Å². The number of rotatable bonds is 4. The Hall–Kier alpha value is -0.430. The Labute approximate surface area is 147 Å². The molecule has 0 aliphatic rings. The fourth-order valence-electron chi connectivity index (χ4n) is 2.21. The van der Waals surface area contributed by atoms with Crippen LogP contribution in [0.1, 0.15) is 25.0 Å². The van der Waals surface area contributed by atoms with Crippen LogP contribution in [0, 0.1) is 0 Å². The molecular weight excluding hydrogens is 474 g/mol. The molecule has 0 N–H and O–H groups in total. The molecule has 1 nitrogen and oxygen atoms in total. The van der Waals surface area contributed by atoms with Crippen LogP contribution in [0.2, 0.25) is 0 Å². The molecule has 2 unspecified atom stereocenters. The number of ketones is 1. The predicted molar refractivity (Wildman–Crippen MR) is 101 cm³/mol. The second kappa shape index (κ2) is 6.13. The molecule has 0 spiro atoms. The second-order valence-electron chi connectivity index (χ2n) is 5.07. The summed E-state index contributed by atoms with van der Waals surface area (Å²) in [5, 5.41) is 0. The van der Waals surface area contributed by atoms with E-state index in [2.05, 4.69) is 45.2 Å².